The van der Waals surface area contributed by atoms with E-state index in [1.54, 1.807) is 6.08 Å². The van der Waals surface area contributed by atoms with Crippen molar-refractivity contribution in [2.45, 2.75) is 148 Å². The molecule has 0 bridgehead atoms. The molecule has 0 rings (SSSR count). The van der Waals surface area contributed by atoms with Crippen LogP contribution in [-0.4, -0.2) is 60.5 Å². The summed E-state index contributed by atoms with van der Waals surface area (Å²) in [5.74, 6) is -0.944. The highest BCUT2D eigenvalue weighted by Crippen LogP contribution is 2.43. The van der Waals surface area contributed by atoms with E-state index in [2.05, 4.69) is 74.6 Å². The average Bonchev–Trinajstić information content (AvgIpc) is 3.15. The number of phosphoric acid groups is 1. The van der Waals surface area contributed by atoms with Crippen molar-refractivity contribution < 1.29 is 42.7 Å². The number of phosphoric ester groups is 1. The molecule has 4 N–H and O–H groups in total. The molecule has 0 spiro atoms. The number of hydrogen-bond donors (Lipinski definition) is 3. The van der Waals surface area contributed by atoms with Gasteiger partial charge >= 0.3 is 19.8 Å². The monoisotopic (exact) mass is 777 g/mol. The molecule has 3 atom stereocenters. The lowest BCUT2D eigenvalue weighted by atomic mass is 10.1. The highest BCUT2D eigenvalue weighted by molar-refractivity contribution is 7.47. The molecule has 0 amide bonds. The molecule has 0 fully saturated rings. The first-order chi connectivity index (χ1) is 26.2. The number of hydrogen-bond acceptors (Lipinski definition) is 9. The molecule has 0 aliphatic heterocycles. The molecule has 54 heavy (non-hydrogen) atoms. The van der Waals surface area contributed by atoms with Gasteiger partial charge in [0.1, 0.15) is 6.61 Å². The van der Waals surface area contributed by atoms with E-state index in [4.69, 9.17) is 24.3 Å². The Morgan fingerprint density at radius 2 is 1.19 bits per heavy atom. The average molecular weight is 778 g/mol. The first-order valence-corrected chi connectivity index (χ1v) is 21.7. The van der Waals surface area contributed by atoms with Gasteiger partial charge in [-0.1, -0.05) is 137 Å². The Morgan fingerprint density at radius 1 is 0.648 bits per heavy atom. The van der Waals surface area contributed by atoms with Crippen molar-refractivity contribution in [3.05, 3.63) is 85.1 Å². The number of rotatable bonds is 36. The predicted octanol–water partition coefficient (Wildman–Crippen LogP) is 10.2. The van der Waals surface area contributed by atoms with Crippen LogP contribution in [0.5, 0.6) is 0 Å². The van der Waals surface area contributed by atoms with Crippen LogP contribution < -0.4 is 5.73 Å². The molecule has 0 saturated carbocycles. The number of aliphatic hydroxyl groups is 1. The van der Waals surface area contributed by atoms with Gasteiger partial charge in [0.05, 0.1) is 19.3 Å². The predicted molar refractivity (Wildman–Crippen MR) is 221 cm³/mol. The zero-order valence-corrected chi connectivity index (χ0v) is 34.2. The van der Waals surface area contributed by atoms with Crippen LogP contribution >= 0.6 is 7.82 Å². The van der Waals surface area contributed by atoms with Gasteiger partial charge in [-0.05, 0) is 70.6 Å². The SMILES string of the molecule is CC/C=C\C/C=C\C/C=C\C/C=C\CCCCCCC(=O)O[C@H](COC(=O)CCCCCCCC(O)/C=C/C=C/C/C=C/CC)COP(=O)(O)OCCN. The largest absolute Gasteiger partial charge is 0.472 e. The summed E-state index contributed by atoms with van der Waals surface area (Å²) in [5, 5.41) is 10.1. The molecule has 10 nitrogen and oxygen atoms in total. The number of aliphatic hydroxyl groups excluding tert-OH is 1. The normalized spacial score (nSPS) is 14.8. The molecule has 0 aromatic carbocycles. The molecule has 2 unspecified atom stereocenters. The van der Waals surface area contributed by atoms with E-state index in [0.29, 0.717) is 19.3 Å². The topological polar surface area (TPSA) is 155 Å². The molecule has 0 heterocycles. The molecular formula is C43H72NO9P. The lowest BCUT2D eigenvalue weighted by Gasteiger charge is -2.19. The number of nitrogens with two attached hydrogens (primary N) is 1. The molecule has 0 aliphatic carbocycles. The van der Waals surface area contributed by atoms with Crippen molar-refractivity contribution in [2.24, 2.45) is 5.73 Å². The fourth-order valence-electron chi connectivity index (χ4n) is 4.92. The Hall–Kier alpha value is -2.85. The maximum atomic E-state index is 12.6. The van der Waals surface area contributed by atoms with Gasteiger partial charge in [-0.3, -0.25) is 18.6 Å². The summed E-state index contributed by atoms with van der Waals surface area (Å²) in [6, 6.07) is 0. The van der Waals surface area contributed by atoms with Crippen LogP contribution in [0.3, 0.4) is 0 Å². The summed E-state index contributed by atoms with van der Waals surface area (Å²) in [6.07, 6.45) is 43.5. The minimum atomic E-state index is -4.41. The minimum absolute atomic E-state index is 0.0299. The third-order valence-electron chi connectivity index (χ3n) is 7.88. The zero-order valence-electron chi connectivity index (χ0n) is 33.3. The lowest BCUT2D eigenvalue weighted by molar-refractivity contribution is -0.161. The molecule has 0 aromatic heterocycles. The molecule has 11 heteroatoms. The second-order valence-corrected chi connectivity index (χ2v) is 14.4. The molecule has 308 valence electrons. The van der Waals surface area contributed by atoms with Crippen molar-refractivity contribution in [1.29, 1.82) is 0 Å². The zero-order chi connectivity index (χ0) is 39.8. The van der Waals surface area contributed by atoms with Crippen molar-refractivity contribution >= 4 is 19.8 Å². The van der Waals surface area contributed by atoms with E-state index in [0.717, 1.165) is 89.9 Å². The maximum absolute atomic E-state index is 12.6. The third-order valence-corrected chi connectivity index (χ3v) is 8.86. The second-order valence-electron chi connectivity index (χ2n) is 12.9. The van der Waals surface area contributed by atoms with Gasteiger partial charge in [0.15, 0.2) is 6.10 Å². The van der Waals surface area contributed by atoms with Gasteiger partial charge in [-0.2, -0.15) is 0 Å². The van der Waals surface area contributed by atoms with Crippen molar-refractivity contribution in [2.75, 3.05) is 26.4 Å². The first kappa shape index (κ1) is 51.1. The number of unbranched alkanes of at least 4 members (excludes halogenated alkanes) is 8. The van der Waals surface area contributed by atoms with Crippen molar-refractivity contribution in [3.8, 4) is 0 Å². The lowest BCUT2D eigenvalue weighted by Crippen LogP contribution is -2.29. The highest BCUT2D eigenvalue weighted by Gasteiger charge is 2.26. The van der Waals surface area contributed by atoms with Crippen molar-refractivity contribution in [3.63, 3.8) is 0 Å². The third kappa shape index (κ3) is 37.5. The van der Waals surface area contributed by atoms with Crippen LogP contribution in [0.1, 0.15) is 136 Å². The van der Waals surface area contributed by atoms with Gasteiger partial charge in [-0.25, -0.2) is 4.57 Å². The van der Waals surface area contributed by atoms with Gasteiger partial charge < -0.3 is 25.2 Å². The Bertz CT molecular complexity index is 1180. The van der Waals surface area contributed by atoms with Crippen LogP contribution in [0.2, 0.25) is 0 Å². The van der Waals surface area contributed by atoms with Crippen LogP contribution in [0.4, 0.5) is 0 Å². The Kier molecular flexibility index (Phi) is 36.4. The minimum Gasteiger partial charge on any atom is -0.462 e. The second kappa shape index (κ2) is 38.4. The Balaban J connectivity index is 4.35. The van der Waals surface area contributed by atoms with E-state index in [-0.39, 0.29) is 32.6 Å². The number of allylic oxidation sites excluding steroid dienone is 13. The molecular weight excluding hydrogens is 705 g/mol. The summed E-state index contributed by atoms with van der Waals surface area (Å²) in [4.78, 5) is 34.8. The summed E-state index contributed by atoms with van der Waals surface area (Å²) in [6.45, 7) is 3.31. The number of esters is 2. The van der Waals surface area contributed by atoms with Gasteiger partial charge in [-0.15, -0.1) is 0 Å². The van der Waals surface area contributed by atoms with Gasteiger partial charge in [0, 0.05) is 19.4 Å². The van der Waals surface area contributed by atoms with Crippen LogP contribution in [0.15, 0.2) is 85.1 Å². The summed E-state index contributed by atoms with van der Waals surface area (Å²) < 4.78 is 32.6. The molecule has 0 radical (unpaired) electrons. The van der Waals surface area contributed by atoms with Gasteiger partial charge in [0.2, 0.25) is 0 Å². The summed E-state index contributed by atoms with van der Waals surface area (Å²) in [5.41, 5.74) is 5.33. The van der Waals surface area contributed by atoms with Crippen LogP contribution in [0.25, 0.3) is 0 Å². The van der Waals surface area contributed by atoms with E-state index in [1.165, 1.54) is 0 Å². The fraction of sp³-hybridized carbons (Fsp3) is 0.628. The van der Waals surface area contributed by atoms with E-state index < -0.39 is 38.6 Å². The fourth-order valence-corrected chi connectivity index (χ4v) is 5.69. The number of ether oxygens (including phenoxy) is 2. The molecule has 0 saturated heterocycles. The number of carbonyl (C=O) groups is 2. The van der Waals surface area contributed by atoms with Crippen LogP contribution in [-0.2, 0) is 32.7 Å². The van der Waals surface area contributed by atoms with E-state index in [9.17, 15) is 24.2 Å². The number of carbonyl (C=O) groups excluding carboxylic acids is 2. The summed E-state index contributed by atoms with van der Waals surface area (Å²) in [7, 11) is -4.41. The van der Waals surface area contributed by atoms with Gasteiger partial charge in [0.25, 0.3) is 0 Å². The standard InChI is InChI=1S/C43H72NO9P/c1-3-5-7-9-11-12-13-14-15-16-17-18-19-20-22-26-31-35-43(47)53-41(39-52-54(48,49)51-37-36-44)38-50-42(46)34-30-27-23-25-29-33-40(45)32-28-24-21-10-8-6-4-2/h5-8,11-12,14-15,17-18,21,24,28,32,40-41,45H,3-4,9-10,13,16,19-20,22-23,25-27,29-31,33-39,44H2,1-2H3,(H,48,49)/b7-5-,8-6+,12-11-,15-14-,18-17-,24-21+,32-28+/t40?,41-/m1/s1. The summed E-state index contributed by atoms with van der Waals surface area (Å²) >= 11 is 0. The van der Waals surface area contributed by atoms with Crippen LogP contribution in [0, 0.1) is 0 Å². The van der Waals surface area contributed by atoms with E-state index >= 15 is 0 Å². The molecule has 0 aliphatic rings. The Morgan fingerprint density at radius 3 is 1.81 bits per heavy atom. The van der Waals surface area contributed by atoms with E-state index in [1.807, 2.05) is 18.2 Å². The Labute approximate surface area is 326 Å². The van der Waals surface area contributed by atoms with Crippen molar-refractivity contribution in [1.82, 2.24) is 0 Å². The quantitative estimate of drug-likeness (QED) is 0.0184. The smallest absolute Gasteiger partial charge is 0.462 e. The maximum Gasteiger partial charge on any atom is 0.472 e. The highest BCUT2D eigenvalue weighted by atomic mass is 31.2. The first-order valence-electron chi connectivity index (χ1n) is 20.2. The molecule has 0 aromatic rings.